The molecule has 1 aliphatic heterocycles. The van der Waals surface area contributed by atoms with E-state index in [1.54, 1.807) is 23.8 Å². The average Bonchev–Trinajstić information content (AvgIpc) is 3.43. The van der Waals surface area contributed by atoms with Gasteiger partial charge in [0.1, 0.15) is 0 Å². The fourth-order valence-corrected chi connectivity index (χ4v) is 5.99. The van der Waals surface area contributed by atoms with Gasteiger partial charge in [-0.15, -0.1) is 0 Å². The third-order valence-corrected chi connectivity index (χ3v) is 8.04. The summed E-state index contributed by atoms with van der Waals surface area (Å²) in [6.07, 6.45) is -2.65. The van der Waals surface area contributed by atoms with Crippen molar-refractivity contribution in [3.63, 3.8) is 0 Å². The van der Waals surface area contributed by atoms with Crippen LogP contribution in [0.25, 0.3) is 5.69 Å². The smallest absolute Gasteiger partial charge is 0.352 e. The first-order chi connectivity index (χ1) is 20.0. The number of hydrogen-bond acceptors (Lipinski definition) is 3. The number of alkyl halides is 3. The molecule has 1 saturated heterocycles. The molecule has 0 saturated carbocycles. The molecule has 0 aliphatic carbocycles. The molecule has 218 valence electrons. The number of anilines is 1. The van der Waals surface area contributed by atoms with Gasteiger partial charge in [-0.25, -0.2) is 0 Å². The zero-order valence-electron chi connectivity index (χ0n) is 23.8. The molecule has 10 heteroatoms. The Hall–Kier alpha value is -4.18. The van der Waals surface area contributed by atoms with E-state index < -0.39 is 17.8 Å². The molecule has 2 aromatic carbocycles. The van der Waals surface area contributed by atoms with Crippen molar-refractivity contribution in [1.29, 1.82) is 0 Å². The van der Waals surface area contributed by atoms with E-state index in [2.05, 4.69) is 15.6 Å². The summed E-state index contributed by atoms with van der Waals surface area (Å²) >= 11 is 5.76. The average molecular weight is 592 g/mol. The Labute approximate surface area is 248 Å². The van der Waals surface area contributed by atoms with Gasteiger partial charge in [-0.05, 0) is 93.0 Å². The summed E-state index contributed by atoms with van der Waals surface area (Å²) in [6, 6.07) is 18.2. The lowest BCUT2D eigenvalue weighted by Crippen LogP contribution is -2.33. The van der Waals surface area contributed by atoms with E-state index >= 15 is 0 Å². The van der Waals surface area contributed by atoms with Gasteiger partial charge in [0.25, 0.3) is 0 Å². The summed E-state index contributed by atoms with van der Waals surface area (Å²) in [5.41, 5.74) is 4.99. The maximum absolute atomic E-state index is 14.0. The van der Waals surface area contributed by atoms with Crippen LogP contribution in [0.5, 0.6) is 0 Å². The van der Waals surface area contributed by atoms with E-state index in [0.717, 1.165) is 34.1 Å². The van der Waals surface area contributed by atoms with Crippen LogP contribution < -0.4 is 10.6 Å². The number of benzene rings is 2. The van der Waals surface area contributed by atoms with Crippen molar-refractivity contribution in [2.45, 2.75) is 52.4 Å². The second-order valence-electron chi connectivity index (χ2n) is 10.6. The number of hydrogen-bond donors (Lipinski definition) is 2. The minimum absolute atomic E-state index is 0.0635. The lowest BCUT2D eigenvalue weighted by atomic mass is 9.96. The summed E-state index contributed by atoms with van der Waals surface area (Å²) < 4.78 is 43.6. The SMILES string of the molecule is Cc1ccc(C)c(NC(=O)CCN2C(=S)N[C@H](c3ccccn3)[C@H]2c2cc(C)n(-c3ccccc3C(F)(F)F)c2C)c1. The van der Waals surface area contributed by atoms with Gasteiger partial charge >= 0.3 is 6.18 Å². The normalized spacial score (nSPS) is 16.9. The zero-order chi connectivity index (χ0) is 30.2. The Bertz CT molecular complexity index is 1630. The first-order valence-electron chi connectivity index (χ1n) is 13.7. The van der Waals surface area contributed by atoms with Crippen molar-refractivity contribution in [2.75, 3.05) is 11.9 Å². The van der Waals surface area contributed by atoms with Crippen molar-refractivity contribution in [3.05, 3.63) is 112 Å². The van der Waals surface area contributed by atoms with Crippen LogP contribution in [0.2, 0.25) is 0 Å². The van der Waals surface area contributed by atoms with Gasteiger partial charge < -0.3 is 20.1 Å². The number of nitrogens with zero attached hydrogens (tertiary/aromatic N) is 3. The number of rotatable bonds is 7. The summed E-state index contributed by atoms with van der Waals surface area (Å²) in [4.78, 5) is 19.5. The lowest BCUT2D eigenvalue weighted by molar-refractivity contribution is -0.137. The first kappa shape index (κ1) is 29.3. The highest BCUT2D eigenvalue weighted by molar-refractivity contribution is 7.80. The molecule has 3 heterocycles. The molecule has 1 aliphatic rings. The van der Waals surface area contributed by atoms with Crippen LogP contribution in [-0.4, -0.2) is 32.0 Å². The number of thiocarbonyl (C=S) groups is 1. The monoisotopic (exact) mass is 591 g/mol. The van der Waals surface area contributed by atoms with Gasteiger partial charge in [-0.2, -0.15) is 13.2 Å². The quantitative estimate of drug-likeness (QED) is 0.224. The van der Waals surface area contributed by atoms with Crippen molar-refractivity contribution in [2.24, 2.45) is 0 Å². The van der Waals surface area contributed by atoms with E-state index in [0.29, 0.717) is 23.0 Å². The van der Waals surface area contributed by atoms with Gasteiger partial charge in [0, 0.05) is 36.2 Å². The molecule has 0 unspecified atom stereocenters. The summed E-state index contributed by atoms with van der Waals surface area (Å²) in [7, 11) is 0. The highest BCUT2D eigenvalue weighted by atomic mass is 32.1. The van der Waals surface area contributed by atoms with Crippen LogP contribution in [0.3, 0.4) is 0 Å². The molecule has 1 amide bonds. The standard InChI is InChI=1S/C32H32F3N5OS/c1-19-12-13-20(2)26(17-19)37-28(41)14-16-39-30(29(38-31(39)42)25-10-7-8-15-36-25)23-18-21(3)40(22(23)4)27-11-6-5-9-24(27)32(33,34)35/h5-13,15,17-18,29-30H,14,16H2,1-4H3,(H,37,41)(H,38,42)/t29-,30-/m1/s1. The second kappa shape index (κ2) is 11.6. The molecule has 5 rings (SSSR count). The van der Waals surface area contributed by atoms with Crippen LogP contribution in [0.1, 0.15) is 57.8 Å². The number of pyridine rings is 1. The highest BCUT2D eigenvalue weighted by Crippen LogP contribution is 2.42. The predicted molar refractivity (Wildman–Crippen MR) is 162 cm³/mol. The molecule has 0 bridgehead atoms. The van der Waals surface area contributed by atoms with Gasteiger partial charge in [-0.3, -0.25) is 9.78 Å². The number of carbonyl (C=O) groups is 1. The Morgan fingerprint density at radius 3 is 2.48 bits per heavy atom. The van der Waals surface area contributed by atoms with Crippen molar-refractivity contribution >= 4 is 28.9 Å². The highest BCUT2D eigenvalue weighted by Gasteiger charge is 2.42. The third kappa shape index (κ3) is 5.76. The van der Waals surface area contributed by atoms with Crippen LogP contribution >= 0.6 is 12.2 Å². The lowest BCUT2D eigenvalue weighted by Gasteiger charge is -2.28. The number of nitrogens with one attached hydrogen (secondary N) is 2. The molecule has 0 radical (unpaired) electrons. The van der Waals surface area contributed by atoms with E-state index in [4.69, 9.17) is 12.2 Å². The van der Waals surface area contributed by atoms with Gasteiger partial charge in [0.2, 0.25) is 5.91 Å². The molecule has 4 aromatic rings. The Balaban J connectivity index is 1.51. The van der Waals surface area contributed by atoms with E-state index in [-0.39, 0.29) is 24.1 Å². The number of amides is 1. The topological polar surface area (TPSA) is 62.2 Å². The molecule has 2 atom stereocenters. The number of halogens is 3. The summed E-state index contributed by atoms with van der Waals surface area (Å²) in [5.74, 6) is -0.156. The zero-order valence-corrected chi connectivity index (χ0v) is 24.6. The molecular formula is C32H32F3N5OS. The molecular weight excluding hydrogens is 559 g/mol. The van der Waals surface area contributed by atoms with E-state index in [9.17, 15) is 18.0 Å². The van der Waals surface area contributed by atoms with Gasteiger partial charge in [0.05, 0.1) is 29.0 Å². The summed E-state index contributed by atoms with van der Waals surface area (Å²) in [6.45, 7) is 7.82. The molecule has 42 heavy (non-hydrogen) atoms. The minimum Gasteiger partial charge on any atom is -0.352 e. The van der Waals surface area contributed by atoms with Crippen molar-refractivity contribution in [1.82, 2.24) is 19.8 Å². The van der Waals surface area contributed by atoms with Crippen molar-refractivity contribution in [3.8, 4) is 5.69 Å². The van der Waals surface area contributed by atoms with E-state index in [1.165, 1.54) is 12.1 Å². The molecule has 2 aromatic heterocycles. The van der Waals surface area contributed by atoms with Gasteiger partial charge in [-0.1, -0.05) is 30.3 Å². The summed E-state index contributed by atoms with van der Waals surface area (Å²) in [5, 5.41) is 6.82. The number of carbonyl (C=O) groups excluding carboxylic acids is 1. The number of aryl methyl sites for hydroxylation is 3. The maximum Gasteiger partial charge on any atom is 0.418 e. The first-order valence-corrected chi connectivity index (χ1v) is 14.1. The Morgan fingerprint density at radius 2 is 1.76 bits per heavy atom. The second-order valence-corrected chi connectivity index (χ2v) is 11.0. The minimum atomic E-state index is -4.51. The number of para-hydroxylation sites is 1. The molecule has 0 spiro atoms. The maximum atomic E-state index is 14.0. The van der Waals surface area contributed by atoms with Crippen LogP contribution in [0, 0.1) is 27.7 Å². The third-order valence-electron chi connectivity index (χ3n) is 7.68. The molecule has 2 N–H and O–H groups in total. The Kier molecular flexibility index (Phi) is 8.10. The van der Waals surface area contributed by atoms with Crippen molar-refractivity contribution < 1.29 is 18.0 Å². The fourth-order valence-electron chi connectivity index (χ4n) is 5.66. The van der Waals surface area contributed by atoms with Crippen LogP contribution in [-0.2, 0) is 11.0 Å². The van der Waals surface area contributed by atoms with Crippen LogP contribution in [0.15, 0.2) is 72.9 Å². The largest absolute Gasteiger partial charge is 0.418 e. The Morgan fingerprint density at radius 1 is 1.02 bits per heavy atom. The predicted octanol–water partition coefficient (Wildman–Crippen LogP) is 7.13. The molecule has 1 fully saturated rings. The van der Waals surface area contributed by atoms with Crippen LogP contribution in [0.4, 0.5) is 18.9 Å². The fraction of sp³-hybridized carbons (Fsp3) is 0.281. The van der Waals surface area contributed by atoms with E-state index in [1.807, 2.05) is 68.1 Å². The van der Waals surface area contributed by atoms with Gasteiger partial charge in [0.15, 0.2) is 5.11 Å². The number of aromatic nitrogens is 2. The molecule has 6 nitrogen and oxygen atoms in total.